The van der Waals surface area contributed by atoms with Gasteiger partial charge in [0.2, 0.25) is 0 Å². The Kier molecular flexibility index (Phi) is 4.24. The first-order valence-corrected chi connectivity index (χ1v) is 11.1. The topological polar surface area (TPSA) is 39.2 Å². The zero-order valence-electron chi connectivity index (χ0n) is 13.7. The van der Waals surface area contributed by atoms with Crippen molar-refractivity contribution in [3.05, 3.63) is 28.0 Å². The number of Topliss-reactive ketones (excluding diaryl/α,β-unsaturated/α-hetero) is 1. The molecule has 1 aliphatic carbocycles. The van der Waals surface area contributed by atoms with E-state index in [0.717, 1.165) is 22.2 Å². The van der Waals surface area contributed by atoms with E-state index in [1.165, 1.54) is 0 Å². The summed E-state index contributed by atoms with van der Waals surface area (Å²) in [5.74, 6) is 0.0703. The summed E-state index contributed by atoms with van der Waals surface area (Å²) in [5, 5.41) is 0.0631. The van der Waals surface area contributed by atoms with E-state index >= 15 is 0 Å². The number of carbonyl (C=O) groups excluding carboxylic acids is 1. The Bertz CT molecular complexity index is 580. The monoisotopic (exact) mass is 369 g/mol. The highest BCUT2D eigenvalue weighted by Crippen LogP contribution is 2.47. The summed E-state index contributed by atoms with van der Waals surface area (Å²) in [6, 6.07) is 2.06. The van der Waals surface area contributed by atoms with E-state index in [0.29, 0.717) is 6.42 Å². The molecule has 3 nitrogen and oxygen atoms in total. The number of carbonyl (C=O) groups is 1. The lowest BCUT2D eigenvalue weighted by molar-refractivity contribution is -0.134. The normalized spacial score (nSPS) is 22.2. The molecule has 1 unspecified atom stereocenters. The van der Waals surface area contributed by atoms with E-state index in [9.17, 15) is 4.79 Å². The molecule has 1 aliphatic rings. The molecule has 2 rings (SSSR count). The number of halogens is 1. The number of hydrogen-bond acceptors (Lipinski definition) is 3. The molecule has 1 aromatic heterocycles. The first-order chi connectivity index (χ1) is 9.49. The minimum Gasteiger partial charge on any atom is -0.400 e. The van der Waals surface area contributed by atoms with E-state index in [-0.39, 0.29) is 10.8 Å². The van der Waals surface area contributed by atoms with Crippen LogP contribution >= 0.6 is 15.9 Å². The standard InChI is InChI=1S/C16H24BrNO2Si/c1-11(19)16(20-21(5,6)15(2,3)4)8-7-12-9-13(17)10-18-14(12)16/h9-10H,7-8H2,1-6H3. The fourth-order valence-corrected chi connectivity index (χ4v) is 4.47. The molecule has 0 amide bonds. The van der Waals surface area contributed by atoms with Gasteiger partial charge in [0.1, 0.15) is 0 Å². The number of ketones is 1. The molecular formula is C16H24BrNO2Si. The Morgan fingerprint density at radius 1 is 1.43 bits per heavy atom. The van der Waals surface area contributed by atoms with Crippen LogP contribution in [0.1, 0.15) is 45.4 Å². The van der Waals surface area contributed by atoms with Crippen molar-refractivity contribution in [1.29, 1.82) is 0 Å². The fraction of sp³-hybridized carbons (Fsp3) is 0.625. The quantitative estimate of drug-likeness (QED) is 0.730. The Morgan fingerprint density at radius 3 is 2.57 bits per heavy atom. The van der Waals surface area contributed by atoms with Crippen molar-refractivity contribution in [2.75, 3.05) is 0 Å². The maximum Gasteiger partial charge on any atom is 0.193 e. The van der Waals surface area contributed by atoms with Gasteiger partial charge < -0.3 is 4.43 Å². The van der Waals surface area contributed by atoms with Gasteiger partial charge in [-0.25, -0.2) is 0 Å². The van der Waals surface area contributed by atoms with E-state index in [1.54, 1.807) is 13.1 Å². The molecule has 0 saturated carbocycles. The van der Waals surface area contributed by atoms with Gasteiger partial charge in [-0.05, 0) is 65.5 Å². The third-order valence-corrected chi connectivity index (χ3v) is 9.77. The van der Waals surface area contributed by atoms with E-state index < -0.39 is 13.9 Å². The summed E-state index contributed by atoms with van der Waals surface area (Å²) in [7, 11) is -2.06. The minimum absolute atomic E-state index is 0.0631. The van der Waals surface area contributed by atoms with Crippen LogP contribution in [-0.4, -0.2) is 19.1 Å². The number of rotatable bonds is 3. The van der Waals surface area contributed by atoms with Crippen molar-refractivity contribution in [2.45, 2.75) is 64.3 Å². The molecule has 116 valence electrons. The highest BCUT2D eigenvalue weighted by atomic mass is 79.9. The summed E-state index contributed by atoms with van der Waals surface area (Å²) in [6.45, 7) is 12.6. The molecule has 0 aliphatic heterocycles. The van der Waals surface area contributed by atoms with Crippen molar-refractivity contribution in [3.8, 4) is 0 Å². The van der Waals surface area contributed by atoms with E-state index in [4.69, 9.17) is 4.43 Å². The molecule has 0 spiro atoms. The van der Waals surface area contributed by atoms with Gasteiger partial charge >= 0.3 is 0 Å². The Hall–Kier alpha value is -0.523. The molecule has 0 N–H and O–H groups in total. The van der Waals surface area contributed by atoms with Gasteiger partial charge in [0.05, 0.1) is 5.69 Å². The van der Waals surface area contributed by atoms with Crippen LogP contribution in [0.4, 0.5) is 0 Å². The van der Waals surface area contributed by atoms with Crippen LogP contribution in [0.15, 0.2) is 16.7 Å². The van der Waals surface area contributed by atoms with E-state index in [2.05, 4.69) is 60.8 Å². The lowest BCUT2D eigenvalue weighted by Crippen LogP contribution is -2.50. The summed E-state index contributed by atoms with van der Waals surface area (Å²) in [6.07, 6.45) is 3.31. The summed E-state index contributed by atoms with van der Waals surface area (Å²) >= 11 is 3.45. The van der Waals surface area contributed by atoms with Gasteiger partial charge in [0.15, 0.2) is 19.7 Å². The third kappa shape index (κ3) is 2.88. The van der Waals surface area contributed by atoms with E-state index in [1.807, 2.05) is 0 Å². The number of aromatic nitrogens is 1. The SMILES string of the molecule is CC(=O)C1(O[Si](C)(C)C(C)(C)C)CCc2cc(Br)cnc21. The molecule has 0 bridgehead atoms. The maximum absolute atomic E-state index is 12.5. The lowest BCUT2D eigenvalue weighted by atomic mass is 9.96. The van der Waals surface area contributed by atoms with Crippen LogP contribution in [-0.2, 0) is 21.2 Å². The molecule has 0 fully saturated rings. The number of fused-ring (bicyclic) bond motifs is 1. The summed E-state index contributed by atoms with van der Waals surface area (Å²) in [5.41, 5.74) is 1.10. The lowest BCUT2D eigenvalue weighted by Gasteiger charge is -2.43. The maximum atomic E-state index is 12.5. The molecule has 0 aromatic carbocycles. The van der Waals surface area contributed by atoms with Crippen molar-refractivity contribution >= 4 is 30.0 Å². The second-order valence-corrected chi connectivity index (χ2v) is 13.0. The summed E-state index contributed by atoms with van der Waals surface area (Å²) in [4.78, 5) is 17.0. The molecule has 1 heterocycles. The second-order valence-electron chi connectivity index (χ2n) is 7.41. The van der Waals surface area contributed by atoms with Crippen LogP contribution in [0.25, 0.3) is 0 Å². The van der Waals surface area contributed by atoms with Crippen molar-refractivity contribution in [3.63, 3.8) is 0 Å². The highest BCUT2D eigenvalue weighted by molar-refractivity contribution is 9.10. The average Bonchev–Trinajstić information content (AvgIpc) is 2.66. The average molecular weight is 370 g/mol. The number of hydrogen-bond donors (Lipinski definition) is 0. The first-order valence-electron chi connectivity index (χ1n) is 7.36. The molecule has 0 radical (unpaired) electrons. The van der Waals surface area contributed by atoms with Gasteiger partial charge in [-0.1, -0.05) is 20.8 Å². The van der Waals surface area contributed by atoms with Gasteiger partial charge in [0.25, 0.3) is 0 Å². The molecule has 1 aromatic rings. The summed E-state index contributed by atoms with van der Waals surface area (Å²) < 4.78 is 7.54. The van der Waals surface area contributed by atoms with Crippen LogP contribution in [0.5, 0.6) is 0 Å². The van der Waals surface area contributed by atoms with Gasteiger partial charge in [-0.15, -0.1) is 0 Å². The zero-order valence-corrected chi connectivity index (χ0v) is 16.3. The number of nitrogens with zero attached hydrogens (tertiary/aromatic N) is 1. The van der Waals surface area contributed by atoms with Crippen LogP contribution < -0.4 is 0 Å². The predicted octanol–water partition coefficient (Wildman–Crippen LogP) is 4.60. The van der Waals surface area contributed by atoms with Crippen molar-refractivity contribution in [1.82, 2.24) is 4.98 Å². The second kappa shape index (κ2) is 5.28. The largest absolute Gasteiger partial charge is 0.400 e. The molecule has 1 atom stereocenters. The minimum atomic E-state index is -2.06. The Morgan fingerprint density at radius 2 is 2.05 bits per heavy atom. The number of pyridine rings is 1. The van der Waals surface area contributed by atoms with Crippen molar-refractivity contribution < 1.29 is 9.22 Å². The zero-order chi connectivity index (χ0) is 16.1. The Balaban J connectivity index is 2.50. The Labute approximate surface area is 136 Å². The predicted molar refractivity (Wildman–Crippen MR) is 90.9 cm³/mol. The van der Waals surface area contributed by atoms with Gasteiger partial charge in [-0.2, -0.15) is 0 Å². The van der Waals surface area contributed by atoms with Crippen LogP contribution in [0.2, 0.25) is 18.1 Å². The smallest absolute Gasteiger partial charge is 0.193 e. The van der Waals surface area contributed by atoms with Crippen LogP contribution in [0, 0.1) is 0 Å². The molecular weight excluding hydrogens is 346 g/mol. The third-order valence-electron chi connectivity index (χ3n) is 4.87. The fourth-order valence-electron chi connectivity index (χ4n) is 2.57. The first kappa shape index (κ1) is 16.8. The van der Waals surface area contributed by atoms with Gasteiger partial charge in [-0.3, -0.25) is 9.78 Å². The van der Waals surface area contributed by atoms with Gasteiger partial charge in [0, 0.05) is 10.7 Å². The number of aryl methyl sites for hydroxylation is 1. The molecule has 21 heavy (non-hydrogen) atoms. The highest BCUT2D eigenvalue weighted by Gasteiger charge is 2.52. The van der Waals surface area contributed by atoms with Crippen LogP contribution in [0.3, 0.4) is 0 Å². The molecule has 0 saturated heterocycles. The van der Waals surface area contributed by atoms with Crippen molar-refractivity contribution in [2.24, 2.45) is 0 Å². The molecule has 5 heteroatoms.